The zero-order chi connectivity index (χ0) is 25.5. The van der Waals surface area contributed by atoms with E-state index in [4.69, 9.17) is 14.7 Å². The molecule has 0 amide bonds. The van der Waals surface area contributed by atoms with E-state index >= 15 is 0 Å². The van der Waals surface area contributed by atoms with Gasteiger partial charge in [-0.1, -0.05) is 29.8 Å². The Morgan fingerprint density at radius 1 is 0.947 bits per heavy atom. The Labute approximate surface area is 218 Å². The molecule has 9 nitrogen and oxygen atoms in total. The van der Waals surface area contributed by atoms with Crippen LogP contribution in [-0.2, 0) is 0 Å². The van der Waals surface area contributed by atoms with Gasteiger partial charge in [-0.3, -0.25) is 10.1 Å². The standard InChI is InChI=1S/C29H26N8O/c1-17-3-2-4-18(13-17)22-9-12-32-28-25(22)34-29(35-28)27-26-24(36-37-27)6-5-23(33-26)19-14-21(16-31-15-19)38-20-7-10-30-11-8-20/h2-6,9,12-16,20,30H,7-8,10-11H2,1H3,(H,36,37)(H,32,34,35). The molecule has 6 aromatic rings. The molecule has 1 aromatic carbocycles. The molecule has 3 N–H and O–H groups in total. The SMILES string of the molecule is Cc1cccc(-c2ccnc3nc(-c4n[nH]c5ccc(-c6cncc(OC7CCNCC7)c6)nc45)[nH]c23)c1. The lowest BCUT2D eigenvalue weighted by Gasteiger charge is -2.23. The maximum atomic E-state index is 6.20. The first kappa shape index (κ1) is 22.6. The molecule has 0 spiro atoms. The van der Waals surface area contributed by atoms with Crippen molar-refractivity contribution < 1.29 is 4.74 Å². The molecule has 0 radical (unpaired) electrons. The van der Waals surface area contributed by atoms with E-state index in [1.54, 1.807) is 12.4 Å². The number of benzene rings is 1. The van der Waals surface area contributed by atoms with Crippen molar-refractivity contribution in [3.05, 3.63) is 72.7 Å². The third kappa shape index (κ3) is 4.16. The Hall–Kier alpha value is -4.63. The quantitative estimate of drug-likeness (QED) is 0.301. The number of piperidine rings is 1. The number of H-pyrrole nitrogens is 2. The molecular weight excluding hydrogens is 476 g/mol. The first-order valence-electron chi connectivity index (χ1n) is 12.8. The van der Waals surface area contributed by atoms with Crippen LogP contribution in [0, 0.1) is 6.92 Å². The number of hydrogen-bond acceptors (Lipinski definition) is 7. The van der Waals surface area contributed by atoms with Crippen LogP contribution in [0.2, 0.25) is 0 Å². The lowest BCUT2D eigenvalue weighted by Crippen LogP contribution is -2.34. The fourth-order valence-electron chi connectivity index (χ4n) is 5.03. The largest absolute Gasteiger partial charge is 0.489 e. The summed E-state index contributed by atoms with van der Waals surface area (Å²) in [5.41, 5.74) is 8.73. The fraction of sp³-hybridized carbons (Fsp3) is 0.207. The van der Waals surface area contributed by atoms with Crippen molar-refractivity contribution in [3.8, 4) is 39.7 Å². The molecule has 0 saturated carbocycles. The second-order valence-electron chi connectivity index (χ2n) is 9.65. The normalized spacial score (nSPS) is 14.3. The van der Waals surface area contributed by atoms with Crippen molar-refractivity contribution in [2.75, 3.05) is 13.1 Å². The predicted octanol–water partition coefficient (Wildman–Crippen LogP) is 5.06. The molecule has 1 aliphatic rings. The lowest BCUT2D eigenvalue weighted by atomic mass is 10.0. The van der Waals surface area contributed by atoms with Crippen LogP contribution >= 0.6 is 0 Å². The van der Waals surface area contributed by atoms with Crippen molar-refractivity contribution in [1.82, 2.24) is 40.4 Å². The van der Waals surface area contributed by atoms with Gasteiger partial charge in [0.05, 0.1) is 22.9 Å². The molecule has 5 aromatic heterocycles. The van der Waals surface area contributed by atoms with Crippen LogP contribution in [0.4, 0.5) is 0 Å². The molecule has 1 saturated heterocycles. The number of rotatable bonds is 5. The van der Waals surface area contributed by atoms with Crippen LogP contribution < -0.4 is 10.1 Å². The molecule has 188 valence electrons. The molecular formula is C29H26N8O. The number of hydrogen-bond donors (Lipinski definition) is 3. The van der Waals surface area contributed by atoms with Crippen molar-refractivity contribution in [3.63, 3.8) is 0 Å². The van der Waals surface area contributed by atoms with E-state index in [1.165, 1.54) is 5.56 Å². The zero-order valence-corrected chi connectivity index (χ0v) is 20.9. The molecule has 7 rings (SSSR count). The summed E-state index contributed by atoms with van der Waals surface area (Å²) in [6, 6.07) is 16.3. The van der Waals surface area contributed by atoms with E-state index in [9.17, 15) is 0 Å². The van der Waals surface area contributed by atoms with Crippen molar-refractivity contribution in [2.24, 2.45) is 0 Å². The van der Waals surface area contributed by atoms with Gasteiger partial charge in [-0.2, -0.15) is 5.10 Å². The van der Waals surface area contributed by atoms with Crippen LogP contribution in [0.15, 0.2) is 67.1 Å². The van der Waals surface area contributed by atoms with E-state index in [-0.39, 0.29) is 6.10 Å². The van der Waals surface area contributed by atoms with Crippen LogP contribution in [-0.4, -0.2) is 54.3 Å². The number of nitrogens with one attached hydrogen (secondary N) is 3. The second kappa shape index (κ2) is 9.35. The topological polar surface area (TPSA) is 117 Å². The summed E-state index contributed by atoms with van der Waals surface area (Å²) >= 11 is 0. The average Bonchev–Trinajstić information content (AvgIpc) is 3.57. The monoisotopic (exact) mass is 502 g/mol. The number of fused-ring (bicyclic) bond motifs is 2. The van der Waals surface area contributed by atoms with Crippen molar-refractivity contribution in [1.29, 1.82) is 0 Å². The van der Waals surface area contributed by atoms with Crippen LogP contribution in [0.5, 0.6) is 5.75 Å². The summed E-state index contributed by atoms with van der Waals surface area (Å²) in [5.74, 6) is 1.38. The average molecular weight is 503 g/mol. The minimum Gasteiger partial charge on any atom is -0.489 e. The van der Waals surface area contributed by atoms with Gasteiger partial charge in [0.25, 0.3) is 0 Å². The van der Waals surface area contributed by atoms with Gasteiger partial charge in [-0.05, 0) is 62.7 Å². The Morgan fingerprint density at radius 3 is 2.76 bits per heavy atom. The van der Waals surface area contributed by atoms with Gasteiger partial charge in [0, 0.05) is 23.5 Å². The number of pyridine rings is 3. The maximum Gasteiger partial charge on any atom is 0.178 e. The van der Waals surface area contributed by atoms with Crippen LogP contribution in [0.1, 0.15) is 18.4 Å². The fourth-order valence-corrected chi connectivity index (χ4v) is 5.03. The summed E-state index contributed by atoms with van der Waals surface area (Å²) in [6.45, 7) is 4.04. The van der Waals surface area contributed by atoms with E-state index in [1.807, 2.05) is 30.5 Å². The number of ether oxygens (including phenoxy) is 1. The van der Waals surface area contributed by atoms with Gasteiger partial charge >= 0.3 is 0 Å². The van der Waals surface area contributed by atoms with E-state index < -0.39 is 0 Å². The smallest absolute Gasteiger partial charge is 0.178 e. The molecule has 0 aliphatic carbocycles. The third-order valence-corrected chi connectivity index (χ3v) is 6.95. The number of aromatic amines is 2. The zero-order valence-electron chi connectivity index (χ0n) is 20.9. The highest BCUT2D eigenvalue weighted by Crippen LogP contribution is 2.32. The minimum atomic E-state index is 0.204. The first-order valence-corrected chi connectivity index (χ1v) is 12.8. The van der Waals surface area contributed by atoms with Crippen molar-refractivity contribution in [2.45, 2.75) is 25.9 Å². The van der Waals surface area contributed by atoms with Crippen molar-refractivity contribution >= 4 is 22.2 Å². The Balaban J connectivity index is 1.26. The highest BCUT2D eigenvalue weighted by molar-refractivity contribution is 5.95. The number of nitrogens with zero attached hydrogens (tertiary/aromatic N) is 5. The lowest BCUT2D eigenvalue weighted by molar-refractivity contribution is 0.162. The van der Waals surface area contributed by atoms with E-state index in [0.29, 0.717) is 17.2 Å². The minimum absolute atomic E-state index is 0.204. The summed E-state index contributed by atoms with van der Waals surface area (Å²) in [4.78, 5) is 22.1. The van der Waals surface area contributed by atoms with Gasteiger partial charge < -0.3 is 15.0 Å². The van der Waals surface area contributed by atoms with Gasteiger partial charge in [0.2, 0.25) is 0 Å². The molecule has 6 heterocycles. The summed E-state index contributed by atoms with van der Waals surface area (Å²) in [7, 11) is 0. The Kier molecular flexibility index (Phi) is 5.55. The van der Waals surface area contributed by atoms with Gasteiger partial charge in [-0.15, -0.1) is 0 Å². The first-order chi connectivity index (χ1) is 18.7. The highest BCUT2D eigenvalue weighted by Gasteiger charge is 2.18. The summed E-state index contributed by atoms with van der Waals surface area (Å²) in [5, 5.41) is 11.0. The summed E-state index contributed by atoms with van der Waals surface area (Å²) in [6.07, 6.45) is 7.55. The molecule has 0 bridgehead atoms. The molecule has 0 unspecified atom stereocenters. The molecule has 1 aliphatic heterocycles. The highest BCUT2D eigenvalue weighted by atomic mass is 16.5. The maximum absolute atomic E-state index is 6.20. The molecule has 1 fully saturated rings. The summed E-state index contributed by atoms with van der Waals surface area (Å²) < 4.78 is 6.20. The van der Waals surface area contributed by atoms with Gasteiger partial charge in [-0.25, -0.2) is 15.0 Å². The number of aromatic nitrogens is 7. The molecule has 9 heteroatoms. The van der Waals surface area contributed by atoms with Crippen LogP contribution in [0.3, 0.4) is 0 Å². The van der Waals surface area contributed by atoms with Gasteiger partial charge in [0.15, 0.2) is 17.2 Å². The molecule has 0 atom stereocenters. The van der Waals surface area contributed by atoms with Gasteiger partial charge in [0.1, 0.15) is 17.4 Å². The molecule has 38 heavy (non-hydrogen) atoms. The second-order valence-corrected chi connectivity index (χ2v) is 9.65. The Morgan fingerprint density at radius 2 is 1.87 bits per heavy atom. The van der Waals surface area contributed by atoms with E-state index in [0.717, 1.165) is 70.6 Å². The number of imidazole rings is 1. The van der Waals surface area contributed by atoms with E-state index in [2.05, 4.69) is 61.7 Å². The third-order valence-electron chi connectivity index (χ3n) is 6.95. The van der Waals surface area contributed by atoms with Crippen LogP contribution in [0.25, 0.3) is 56.1 Å². The number of aryl methyl sites for hydroxylation is 1. The Bertz CT molecular complexity index is 1770. The predicted molar refractivity (Wildman–Crippen MR) is 147 cm³/mol.